The first-order valence-electron chi connectivity index (χ1n) is 9.18. The summed E-state index contributed by atoms with van der Waals surface area (Å²) in [6.45, 7) is 2.56. The molecule has 2 atom stereocenters. The van der Waals surface area contributed by atoms with Gasteiger partial charge in [0.2, 0.25) is 0 Å². The first kappa shape index (κ1) is 18.6. The Bertz CT molecular complexity index is 957. The first-order chi connectivity index (χ1) is 13.6. The molecule has 0 fully saturated rings. The number of halogens is 1. The summed E-state index contributed by atoms with van der Waals surface area (Å²) in [7, 11) is 0. The van der Waals surface area contributed by atoms with Gasteiger partial charge in [0.25, 0.3) is 0 Å². The zero-order chi connectivity index (χ0) is 19.5. The van der Waals surface area contributed by atoms with Gasteiger partial charge in [-0.2, -0.15) is 0 Å². The van der Waals surface area contributed by atoms with Gasteiger partial charge in [-0.15, -0.1) is 0 Å². The molecule has 28 heavy (non-hydrogen) atoms. The molecule has 1 aliphatic heterocycles. The van der Waals surface area contributed by atoms with Crippen LogP contribution in [-0.2, 0) is 0 Å². The van der Waals surface area contributed by atoms with E-state index in [0.29, 0.717) is 6.61 Å². The molecule has 0 aliphatic carbocycles. The number of rotatable bonds is 4. The summed E-state index contributed by atoms with van der Waals surface area (Å²) >= 11 is 3.49. The third-order valence-corrected chi connectivity index (χ3v) is 5.35. The van der Waals surface area contributed by atoms with Crippen LogP contribution in [0.2, 0.25) is 0 Å². The van der Waals surface area contributed by atoms with Crippen LogP contribution < -0.4 is 15.4 Å². The lowest BCUT2D eigenvalue weighted by molar-refractivity contribution is 0.221. The molecule has 4 rings (SSSR count). The molecule has 1 aromatic heterocycles. The van der Waals surface area contributed by atoms with Gasteiger partial charge in [-0.1, -0.05) is 28.1 Å². The van der Waals surface area contributed by atoms with E-state index in [4.69, 9.17) is 4.74 Å². The van der Waals surface area contributed by atoms with Crippen molar-refractivity contribution >= 4 is 22.0 Å². The van der Waals surface area contributed by atoms with Gasteiger partial charge in [-0.05, 0) is 42.8 Å². The van der Waals surface area contributed by atoms with Crippen molar-refractivity contribution in [3.05, 3.63) is 76.8 Å². The molecule has 1 aliphatic rings. The van der Waals surface area contributed by atoms with E-state index in [9.17, 15) is 4.79 Å². The monoisotopic (exact) mass is 440 g/mol. The third-order valence-electron chi connectivity index (χ3n) is 4.86. The Morgan fingerprint density at radius 2 is 2.11 bits per heavy atom. The van der Waals surface area contributed by atoms with Crippen molar-refractivity contribution in [2.75, 3.05) is 6.61 Å². The molecule has 0 bridgehead atoms. The van der Waals surface area contributed by atoms with E-state index in [0.717, 1.165) is 33.5 Å². The Labute approximate surface area is 172 Å². The Morgan fingerprint density at radius 3 is 2.86 bits per heavy atom. The quantitative estimate of drug-likeness (QED) is 0.626. The fourth-order valence-electron chi connectivity index (χ4n) is 3.34. The van der Waals surface area contributed by atoms with Crippen molar-refractivity contribution in [2.24, 2.45) is 0 Å². The molecule has 2 N–H and O–H groups in total. The van der Waals surface area contributed by atoms with Crippen molar-refractivity contribution in [2.45, 2.75) is 25.4 Å². The number of amides is 2. The number of carbonyl (C=O) groups excluding carboxylic acids is 1. The molecular formula is C21H21BrN4O2. The molecule has 0 radical (unpaired) electrons. The molecule has 2 unspecified atom stereocenters. The maximum Gasteiger partial charge on any atom is 0.315 e. The van der Waals surface area contributed by atoms with Gasteiger partial charge in [-0.3, -0.25) is 0 Å². The van der Waals surface area contributed by atoms with Crippen LogP contribution in [-0.4, -0.2) is 22.2 Å². The molecule has 3 aromatic rings. The van der Waals surface area contributed by atoms with Gasteiger partial charge in [-0.25, -0.2) is 9.78 Å². The van der Waals surface area contributed by atoms with Gasteiger partial charge < -0.3 is 19.9 Å². The third kappa shape index (κ3) is 4.04. The first-order valence-corrected chi connectivity index (χ1v) is 9.97. The molecule has 6 nitrogen and oxygen atoms in total. The molecule has 0 saturated heterocycles. The van der Waals surface area contributed by atoms with Crippen LogP contribution in [0.1, 0.15) is 36.6 Å². The predicted molar refractivity (Wildman–Crippen MR) is 111 cm³/mol. The second kappa shape index (κ2) is 8.06. The van der Waals surface area contributed by atoms with E-state index < -0.39 is 0 Å². The standard InChI is InChI=1S/C21H21BrN4O2/c1-14(15-2-5-17(6-3-15)26-10-9-23-13-26)24-21(27)25-19-8-11-28-20-7-4-16(22)12-18(19)20/h2-7,9-10,12-14,19H,8,11H2,1H3,(H2,24,25,27). The van der Waals surface area contributed by atoms with Crippen LogP contribution in [0.4, 0.5) is 4.79 Å². The highest BCUT2D eigenvalue weighted by atomic mass is 79.9. The predicted octanol–water partition coefficient (Wildman–Crippen LogP) is 4.52. The highest BCUT2D eigenvalue weighted by molar-refractivity contribution is 9.10. The van der Waals surface area contributed by atoms with Gasteiger partial charge in [0, 0.05) is 34.5 Å². The Hall–Kier alpha value is -2.80. The van der Waals surface area contributed by atoms with Gasteiger partial charge >= 0.3 is 6.03 Å². The number of urea groups is 1. The second-order valence-electron chi connectivity index (χ2n) is 6.77. The highest BCUT2D eigenvalue weighted by Gasteiger charge is 2.24. The van der Waals surface area contributed by atoms with E-state index in [-0.39, 0.29) is 18.1 Å². The largest absolute Gasteiger partial charge is 0.493 e. The summed E-state index contributed by atoms with van der Waals surface area (Å²) in [5, 5.41) is 6.09. The Kier molecular flexibility index (Phi) is 5.34. The number of hydrogen-bond donors (Lipinski definition) is 2. The zero-order valence-corrected chi connectivity index (χ0v) is 17.0. The van der Waals surface area contributed by atoms with Crippen LogP contribution in [0.5, 0.6) is 5.75 Å². The number of imidazole rings is 1. The zero-order valence-electron chi connectivity index (χ0n) is 15.4. The number of benzene rings is 2. The lowest BCUT2D eigenvalue weighted by Gasteiger charge is -2.27. The highest BCUT2D eigenvalue weighted by Crippen LogP contribution is 2.34. The van der Waals surface area contributed by atoms with E-state index in [1.165, 1.54) is 0 Å². The normalized spacial score (nSPS) is 16.6. The maximum absolute atomic E-state index is 12.6. The van der Waals surface area contributed by atoms with Crippen LogP contribution in [0.3, 0.4) is 0 Å². The average Bonchev–Trinajstić information content (AvgIpc) is 3.23. The molecule has 2 aromatic carbocycles. The minimum Gasteiger partial charge on any atom is -0.493 e. The van der Waals surface area contributed by atoms with Crippen molar-refractivity contribution in [3.63, 3.8) is 0 Å². The van der Waals surface area contributed by atoms with Gasteiger partial charge in [0.15, 0.2) is 0 Å². The van der Waals surface area contributed by atoms with Gasteiger partial charge in [0.1, 0.15) is 5.75 Å². The minimum atomic E-state index is -0.191. The number of nitrogens with zero attached hydrogens (tertiary/aromatic N) is 2. The smallest absolute Gasteiger partial charge is 0.315 e. The minimum absolute atomic E-state index is 0.0722. The summed E-state index contributed by atoms with van der Waals surface area (Å²) in [5.74, 6) is 0.822. The van der Waals surface area contributed by atoms with E-state index in [1.54, 1.807) is 12.5 Å². The Balaban J connectivity index is 1.40. The SMILES string of the molecule is CC(NC(=O)NC1CCOc2ccc(Br)cc21)c1ccc(-n2ccnc2)cc1. The van der Waals surface area contributed by atoms with E-state index in [2.05, 4.69) is 31.5 Å². The summed E-state index contributed by atoms with van der Waals surface area (Å²) in [4.78, 5) is 16.6. The maximum atomic E-state index is 12.6. The lowest BCUT2D eigenvalue weighted by Crippen LogP contribution is -2.40. The lowest BCUT2D eigenvalue weighted by atomic mass is 10.0. The van der Waals surface area contributed by atoms with Gasteiger partial charge in [0.05, 0.1) is 25.0 Å². The fourth-order valence-corrected chi connectivity index (χ4v) is 3.72. The molecule has 144 valence electrons. The van der Waals surface area contributed by atoms with Crippen LogP contribution in [0.25, 0.3) is 5.69 Å². The van der Waals surface area contributed by atoms with Crippen LogP contribution >= 0.6 is 15.9 Å². The molecular weight excluding hydrogens is 420 g/mol. The number of hydrogen-bond acceptors (Lipinski definition) is 3. The number of fused-ring (bicyclic) bond motifs is 1. The second-order valence-corrected chi connectivity index (χ2v) is 7.69. The fraction of sp³-hybridized carbons (Fsp3) is 0.238. The van der Waals surface area contributed by atoms with Crippen LogP contribution in [0, 0.1) is 0 Å². The van der Waals surface area contributed by atoms with Crippen molar-refractivity contribution in [1.29, 1.82) is 0 Å². The Morgan fingerprint density at radius 1 is 1.29 bits per heavy atom. The number of carbonyl (C=O) groups is 1. The van der Waals surface area contributed by atoms with Crippen molar-refractivity contribution in [3.8, 4) is 11.4 Å². The number of ether oxygens (including phenoxy) is 1. The van der Waals surface area contributed by atoms with E-state index in [1.807, 2.05) is 60.2 Å². The molecule has 0 saturated carbocycles. The van der Waals surface area contributed by atoms with Crippen LogP contribution in [0.15, 0.2) is 65.7 Å². The van der Waals surface area contributed by atoms with Crippen molar-refractivity contribution < 1.29 is 9.53 Å². The average molecular weight is 441 g/mol. The molecule has 7 heteroatoms. The summed E-state index contributed by atoms with van der Waals surface area (Å²) in [5.41, 5.74) is 3.06. The van der Waals surface area contributed by atoms with E-state index >= 15 is 0 Å². The summed E-state index contributed by atoms with van der Waals surface area (Å²) in [6.07, 6.45) is 6.14. The topological polar surface area (TPSA) is 68.2 Å². The molecule has 2 amide bonds. The molecule has 2 heterocycles. The summed E-state index contributed by atoms with van der Waals surface area (Å²) in [6, 6.07) is 13.5. The molecule has 0 spiro atoms. The summed E-state index contributed by atoms with van der Waals surface area (Å²) < 4.78 is 8.59. The van der Waals surface area contributed by atoms with Crippen molar-refractivity contribution in [1.82, 2.24) is 20.2 Å². The number of aromatic nitrogens is 2. The number of nitrogens with one attached hydrogen (secondary N) is 2.